The van der Waals surface area contributed by atoms with Gasteiger partial charge in [-0.1, -0.05) is 121 Å². The molecule has 31 heavy (non-hydrogen) atoms. The van der Waals surface area contributed by atoms with Crippen LogP contribution in [0.3, 0.4) is 0 Å². The van der Waals surface area contributed by atoms with Crippen molar-refractivity contribution in [3.63, 3.8) is 0 Å². The lowest BCUT2D eigenvalue weighted by molar-refractivity contribution is 1.76. The number of rotatable bonds is 3. The molecule has 146 valence electrons. The van der Waals surface area contributed by atoms with Crippen molar-refractivity contribution in [2.24, 2.45) is 0 Å². The fourth-order valence-corrected chi connectivity index (χ4v) is 7.42. The largest absolute Gasteiger partial charge is 0.0622 e. The zero-order valence-electron chi connectivity index (χ0n) is 17.1. The lowest BCUT2D eigenvalue weighted by Crippen LogP contribution is -2.22. The van der Waals surface area contributed by atoms with Gasteiger partial charge in [-0.25, -0.2) is 0 Å². The summed E-state index contributed by atoms with van der Waals surface area (Å²) in [6, 6.07) is 46.6. The van der Waals surface area contributed by atoms with E-state index < -0.39 is 7.92 Å². The van der Waals surface area contributed by atoms with Crippen LogP contribution in [-0.2, 0) is 0 Å². The highest BCUT2D eigenvalue weighted by Crippen LogP contribution is 2.41. The molecule has 0 aromatic heterocycles. The summed E-state index contributed by atoms with van der Waals surface area (Å²) in [5, 5.41) is 12.2. The molecule has 0 aliphatic heterocycles. The van der Waals surface area contributed by atoms with Crippen LogP contribution in [0.25, 0.3) is 32.3 Å². The Morgan fingerprint density at radius 3 is 1.58 bits per heavy atom. The summed E-state index contributed by atoms with van der Waals surface area (Å²) < 4.78 is 0. The van der Waals surface area contributed by atoms with E-state index in [0.29, 0.717) is 0 Å². The molecule has 0 bridgehead atoms. The van der Waals surface area contributed by atoms with E-state index in [0.717, 1.165) is 0 Å². The van der Waals surface area contributed by atoms with Crippen LogP contribution >= 0.6 is 7.92 Å². The average Bonchev–Trinajstić information content (AvgIpc) is 2.84. The van der Waals surface area contributed by atoms with Gasteiger partial charge in [-0.2, -0.15) is 0 Å². The molecule has 6 aromatic rings. The number of hydrogen-bond donors (Lipinski definition) is 0. The fraction of sp³-hybridized carbons (Fsp3) is 0. The fourth-order valence-electron chi connectivity index (χ4n) is 4.60. The molecule has 0 radical (unpaired) electrons. The second-order valence-electron chi connectivity index (χ2n) is 7.84. The van der Waals surface area contributed by atoms with Gasteiger partial charge in [0, 0.05) is 5.30 Å². The van der Waals surface area contributed by atoms with Crippen LogP contribution in [0.1, 0.15) is 0 Å². The molecule has 0 nitrogen and oxygen atoms in total. The second-order valence-corrected chi connectivity index (χ2v) is 9.95. The van der Waals surface area contributed by atoms with E-state index in [9.17, 15) is 0 Å². The Hall–Kier alpha value is -3.47. The monoisotopic (exact) mass is 412 g/mol. The molecular weight excluding hydrogens is 391 g/mol. The van der Waals surface area contributed by atoms with Crippen LogP contribution in [0.4, 0.5) is 0 Å². The molecule has 1 unspecified atom stereocenters. The number of fused-ring (bicyclic) bond motifs is 3. The third-order valence-electron chi connectivity index (χ3n) is 5.99. The van der Waals surface area contributed by atoms with Crippen molar-refractivity contribution in [3.05, 3.63) is 127 Å². The Labute approximate surface area is 183 Å². The van der Waals surface area contributed by atoms with E-state index in [4.69, 9.17) is 0 Å². The first-order chi connectivity index (χ1) is 15.4. The van der Waals surface area contributed by atoms with Gasteiger partial charge in [0.2, 0.25) is 0 Å². The van der Waals surface area contributed by atoms with Crippen molar-refractivity contribution in [1.29, 1.82) is 0 Å². The summed E-state index contributed by atoms with van der Waals surface area (Å²) in [6.07, 6.45) is 0. The van der Waals surface area contributed by atoms with Crippen LogP contribution in [0.2, 0.25) is 0 Å². The third-order valence-corrected chi connectivity index (χ3v) is 8.60. The molecule has 0 amide bonds. The van der Waals surface area contributed by atoms with E-state index in [-0.39, 0.29) is 0 Å². The molecule has 6 rings (SSSR count). The van der Waals surface area contributed by atoms with Gasteiger partial charge in [0.25, 0.3) is 0 Å². The van der Waals surface area contributed by atoms with Crippen molar-refractivity contribution in [1.82, 2.24) is 0 Å². The van der Waals surface area contributed by atoms with E-state index in [1.165, 1.54) is 48.2 Å². The summed E-state index contributed by atoms with van der Waals surface area (Å²) in [7, 11) is -0.745. The van der Waals surface area contributed by atoms with E-state index >= 15 is 0 Å². The molecule has 0 saturated carbocycles. The average molecular weight is 412 g/mol. The van der Waals surface area contributed by atoms with Crippen LogP contribution in [0.15, 0.2) is 127 Å². The van der Waals surface area contributed by atoms with Crippen LogP contribution in [0, 0.1) is 0 Å². The minimum Gasteiger partial charge on any atom is -0.0622 e. The Morgan fingerprint density at radius 1 is 0.387 bits per heavy atom. The SMILES string of the molecule is c1ccc(P(c2cccc3ccccc23)c2c3ccccc3cc3ccccc23)cc1. The number of hydrogen-bond acceptors (Lipinski definition) is 0. The molecule has 6 aromatic carbocycles. The number of benzene rings is 6. The van der Waals surface area contributed by atoms with Crippen molar-refractivity contribution in [3.8, 4) is 0 Å². The predicted octanol–water partition coefficient (Wildman–Crippen LogP) is 6.90. The zero-order chi connectivity index (χ0) is 20.6. The molecular formula is C30H21P. The zero-order valence-corrected chi connectivity index (χ0v) is 18.0. The van der Waals surface area contributed by atoms with Gasteiger partial charge in [0.1, 0.15) is 0 Å². The first-order valence-corrected chi connectivity index (χ1v) is 12.0. The van der Waals surface area contributed by atoms with Crippen molar-refractivity contribution >= 4 is 56.2 Å². The van der Waals surface area contributed by atoms with Crippen molar-refractivity contribution in [2.45, 2.75) is 0 Å². The predicted molar refractivity (Wildman–Crippen MR) is 138 cm³/mol. The Balaban J connectivity index is 1.79. The molecule has 0 heterocycles. The molecule has 0 fully saturated rings. The third kappa shape index (κ3) is 3.12. The summed E-state index contributed by atoms with van der Waals surface area (Å²) >= 11 is 0. The minimum atomic E-state index is -0.745. The highest BCUT2D eigenvalue weighted by Gasteiger charge is 2.23. The lowest BCUT2D eigenvalue weighted by atomic mass is 10.0. The molecule has 0 spiro atoms. The van der Waals surface area contributed by atoms with Gasteiger partial charge in [-0.05, 0) is 56.9 Å². The molecule has 1 heteroatoms. The second kappa shape index (κ2) is 7.65. The minimum absolute atomic E-state index is 0.745. The topological polar surface area (TPSA) is 0 Å². The maximum absolute atomic E-state index is 2.33. The first-order valence-electron chi connectivity index (χ1n) is 10.6. The quantitative estimate of drug-likeness (QED) is 0.219. The standard InChI is InChI=1S/C30H21P/c1-2-15-25(16-3-1)31(29-20-10-14-22-11-4-7-17-26(22)29)30-27-18-8-5-12-23(27)21-24-13-6-9-19-28(24)30/h1-21H. The van der Waals surface area contributed by atoms with E-state index in [1.54, 1.807) is 0 Å². The summed E-state index contributed by atoms with van der Waals surface area (Å²) in [4.78, 5) is 0. The normalized spacial score (nSPS) is 12.4. The molecule has 1 atom stereocenters. The van der Waals surface area contributed by atoms with Gasteiger partial charge in [0.15, 0.2) is 0 Å². The highest BCUT2D eigenvalue weighted by molar-refractivity contribution is 7.81. The Morgan fingerprint density at radius 2 is 0.903 bits per heavy atom. The maximum atomic E-state index is 2.33. The molecule has 0 N–H and O–H groups in total. The summed E-state index contributed by atoms with van der Waals surface area (Å²) in [6.45, 7) is 0. The van der Waals surface area contributed by atoms with Crippen LogP contribution < -0.4 is 15.9 Å². The molecule has 0 saturated heterocycles. The Bertz CT molecular complexity index is 1470. The summed E-state index contributed by atoms with van der Waals surface area (Å²) in [5.41, 5.74) is 0. The van der Waals surface area contributed by atoms with Gasteiger partial charge in [0.05, 0.1) is 0 Å². The molecule has 0 aliphatic carbocycles. The Kier molecular flexibility index (Phi) is 4.52. The van der Waals surface area contributed by atoms with Crippen LogP contribution in [-0.4, -0.2) is 0 Å². The van der Waals surface area contributed by atoms with Gasteiger partial charge < -0.3 is 0 Å². The van der Waals surface area contributed by atoms with E-state index in [1.807, 2.05) is 0 Å². The highest BCUT2D eigenvalue weighted by atomic mass is 31.1. The maximum Gasteiger partial charge on any atom is 0.000614 e. The van der Waals surface area contributed by atoms with Crippen molar-refractivity contribution < 1.29 is 0 Å². The van der Waals surface area contributed by atoms with Gasteiger partial charge in [-0.15, -0.1) is 0 Å². The first kappa shape index (κ1) is 18.3. The van der Waals surface area contributed by atoms with Crippen molar-refractivity contribution in [2.75, 3.05) is 0 Å². The van der Waals surface area contributed by atoms with Gasteiger partial charge in [-0.3, -0.25) is 0 Å². The van der Waals surface area contributed by atoms with Gasteiger partial charge >= 0.3 is 0 Å². The molecule has 0 aliphatic rings. The smallest absolute Gasteiger partial charge is 0.000614 e. The van der Waals surface area contributed by atoms with E-state index in [2.05, 4.69) is 127 Å². The lowest BCUT2D eigenvalue weighted by Gasteiger charge is -2.24. The van der Waals surface area contributed by atoms with Crippen LogP contribution in [0.5, 0.6) is 0 Å². The summed E-state index contributed by atoms with van der Waals surface area (Å²) in [5.74, 6) is 0.